The molecular formula is C11H18N2O2S. The minimum absolute atomic E-state index is 0.170. The van der Waals surface area contributed by atoms with Crippen LogP contribution in [-0.2, 0) is 10.0 Å². The van der Waals surface area contributed by atoms with Gasteiger partial charge in [0.15, 0.2) is 0 Å². The summed E-state index contributed by atoms with van der Waals surface area (Å²) >= 11 is 0. The predicted octanol–water partition coefficient (Wildman–Crippen LogP) is 1.27. The minimum Gasteiger partial charge on any atom is -0.324 e. The van der Waals surface area contributed by atoms with Gasteiger partial charge in [-0.05, 0) is 31.0 Å². The van der Waals surface area contributed by atoms with E-state index in [1.807, 2.05) is 13.0 Å². The molecule has 0 spiro atoms. The van der Waals surface area contributed by atoms with Crippen molar-refractivity contribution in [2.75, 3.05) is 14.1 Å². The molecule has 0 aliphatic rings. The minimum atomic E-state index is -3.39. The first kappa shape index (κ1) is 13.2. The second-order valence-corrected chi connectivity index (χ2v) is 6.22. The zero-order valence-corrected chi connectivity index (χ0v) is 10.9. The maximum atomic E-state index is 12.0. The highest BCUT2D eigenvalue weighted by Crippen LogP contribution is 2.22. The molecule has 90 valence electrons. The van der Waals surface area contributed by atoms with Crippen LogP contribution in [0.3, 0.4) is 0 Å². The standard InChI is InChI=1S/C11H18N2O2S/c1-8-5-6-10(9(2)12)7-11(8)16(14,15)13(3)4/h5-7,9H,12H2,1-4H3. The lowest BCUT2D eigenvalue weighted by Crippen LogP contribution is -2.23. The molecule has 0 aliphatic carbocycles. The third-order valence-corrected chi connectivity index (χ3v) is 4.45. The first-order chi connectivity index (χ1) is 7.26. The lowest BCUT2D eigenvalue weighted by molar-refractivity contribution is 0.520. The van der Waals surface area contributed by atoms with Crippen molar-refractivity contribution in [3.05, 3.63) is 29.3 Å². The Morgan fingerprint density at radius 2 is 1.88 bits per heavy atom. The van der Waals surface area contributed by atoms with Crippen LogP contribution in [0.5, 0.6) is 0 Å². The molecule has 16 heavy (non-hydrogen) atoms. The van der Waals surface area contributed by atoms with Gasteiger partial charge in [-0.15, -0.1) is 0 Å². The van der Waals surface area contributed by atoms with Crippen molar-refractivity contribution in [2.45, 2.75) is 24.8 Å². The lowest BCUT2D eigenvalue weighted by atomic mass is 10.1. The average Bonchev–Trinajstić information content (AvgIpc) is 2.17. The SMILES string of the molecule is Cc1ccc(C(C)N)cc1S(=O)(=O)N(C)C. The Hall–Kier alpha value is -0.910. The molecule has 1 unspecified atom stereocenters. The fourth-order valence-electron chi connectivity index (χ4n) is 1.37. The van der Waals surface area contributed by atoms with Crippen LogP contribution in [0.1, 0.15) is 24.1 Å². The van der Waals surface area contributed by atoms with Crippen LogP contribution < -0.4 is 5.73 Å². The van der Waals surface area contributed by atoms with Gasteiger partial charge in [-0.25, -0.2) is 12.7 Å². The molecule has 0 fully saturated rings. The normalized spacial score (nSPS) is 14.1. The van der Waals surface area contributed by atoms with Crippen molar-refractivity contribution in [2.24, 2.45) is 5.73 Å². The van der Waals surface area contributed by atoms with Gasteiger partial charge in [0.25, 0.3) is 0 Å². The number of aryl methyl sites for hydroxylation is 1. The maximum absolute atomic E-state index is 12.0. The molecule has 4 nitrogen and oxygen atoms in total. The van der Waals surface area contributed by atoms with Crippen LogP contribution in [0.15, 0.2) is 23.1 Å². The summed E-state index contributed by atoms with van der Waals surface area (Å²) < 4.78 is 25.2. The van der Waals surface area contributed by atoms with E-state index in [-0.39, 0.29) is 6.04 Å². The first-order valence-electron chi connectivity index (χ1n) is 5.05. The topological polar surface area (TPSA) is 63.4 Å². The zero-order valence-electron chi connectivity index (χ0n) is 10.1. The fraction of sp³-hybridized carbons (Fsp3) is 0.455. The van der Waals surface area contributed by atoms with Crippen LogP contribution in [0, 0.1) is 6.92 Å². The van der Waals surface area contributed by atoms with E-state index in [2.05, 4.69) is 0 Å². The van der Waals surface area contributed by atoms with E-state index in [4.69, 9.17) is 5.73 Å². The van der Waals surface area contributed by atoms with Crippen molar-refractivity contribution >= 4 is 10.0 Å². The van der Waals surface area contributed by atoms with E-state index in [0.717, 1.165) is 11.1 Å². The summed E-state index contributed by atoms with van der Waals surface area (Å²) in [7, 11) is -0.344. The van der Waals surface area contributed by atoms with Gasteiger partial charge in [0.1, 0.15) is 0 Å². The molecule has 0 saturated heterocycles. The number of rotatable bonds is 3. The molecule has 0 heterocycles. The van der Waals surface area contributed by atoms with E-state index >= 15 is 0 Å². The summed E-state index contributed by atoms with van der Waals surface area (Å²) in [5, 5.41) is 0. The molecule has 1 rings (SSSR count). The summed E-state index contributed by atoms with van der Waals surface area (Å²) in [4.78, 5) is 0.326. The maximum Gasteiger partial charge on any atom is 0.242 e. The van der Waals surface area contributed by atoms with E-state index in [9.17, 15) is 8.42 Å². The quantitative estimate of drug-likeness (QED) is 0.868. The van der Waals surface area contributed by atoms with Crippen molar-refractivity contribution < 1.29 is 8.42 Å². The first-order valence-corrected chi connectivity index (χ1v) is 6.49. The summed E-state index contributed by atoms with van der Waals surface area (Å²) in [6.45, 7) is 3.61. The van der Waals surface area contributed by atoms with Crippen molar-refractivity contribution in [3.63, 3.8) is 0 Å². The van der Waals surface area contributed by atoms with E-state index in [1.165, 1.54) is 18.4 Å². The number of sulfonamides is 1. The number of nitrogens with zero attached hydrogens (tertiary/aromatic N) is 1. The molecule has 0 radical (unpaired) electrons. The van der Waals surface area contributed by atoms with Crippen LogP contribution in [0.2, 0.25) is 0 Å². The van der Waals surface area contributed by atoms with Crippen molar-refractivity contribution in [1.29, 1.82) is 0 Å². The Balaban J connectivity index is 3.39. The van der Waals surface area contributed by atoms with Crippen molar-refractivity contribution in [1.82, 2.24) is 4.31 Å². The molecule has 5 heteroatoms. The zero-order chi connectivity index (χ0) is 12.5. The molecule has 0 amide bonds. The molecule has 0 aliphatic heterocycles. The highest BCUT2D eigenvalue weighted by molar-refractivity contribution is 7.89. The monoisotopic (exact) mass is 242 g/mol. The van der Waals surface area contributed by atoms with Gasteiger partial charge >= 0.3 is 0 Å². The number of benzene rings is 1. The molecule has 0 aromatic heterocycles. The molecule has 2 N–H and O–H groups in total. The Morgan fingerprint density at radius 3 is 2.31 bits per heavy atom. The lowest BCUT2D eigenvalue weighted by Gasteiger charge is -2.15. The third kappa shape index (κ3) is 2.42. The Bertz CT molecular complexity index is 479. The van der Waals surface area contributed by atoms with Gasteiger partial charge in [0.2, 0.25) is 10.0 Å². The summed E-state index contributed by atoms with van der Waals surface area (Å²) in [5.41, 5.74) is 7.30. The highest BCUT2D eigenvalue weighted by Gasteiger charge is 2.20. The number of hydrogen-bond acceptors (Lipinski definition) is 3. The van der Waals surface area contributed by atoms with Gasteiger partial charge in [0.05, 0.1) is 4.90 Å². The average molecular weight is 242 g/mol. The third-order valence-electron chi connectivity index (χ3n) is 2.50. The van der Waals surface area contributed by atoms with Gasteiger partial charge in [0, 0.05) is 20.1 Å². The second-order valence-electron chi connectivity index (χ2n) is 4.10. The van der Waals surface area contributed by atoms with Crippen LogP contribution in [0.25, 0.3) is 0 Å². The van der Waals surface area contributed by atoms with Crippen LogP contribution in [-0.4, -0.2) is 26.8 Å². The summed E-state index contributed by atoms with van der Waals surface area (Å²) in [6.07, 6.45) is 0. The van der Waals surface area contributed by atoms with E-state index < -0.39 is 10.0 Å². The smallest absolute Gasteiger partial charge is 0.242 e. The van der Waals surface area contributed by atoms with Gasteiger partial charge in [-0.1, -0.05) is 12.1 Å². The van der Waals surface area contributed by atoms with Crippen LogP contribution >= 0.6 is 0 Å². The van der Waals surface area contributed by atoms with E-state index in [1.54, 1.807) is 19.1 Å². The summed E-state index contributed by atoms with van der Waals surface area (Å²) in [6, 6.07) is 5.12. The van der Waals surface area contributed by atoms with Gasteiger partial charge in [-0.3, -0.25) is 0 Å². The molecule has 1 aromatic rings. The Labute approximate surface area is 97.1 Å². The second kappa shape index (κ2) is 4.53. The molecule has 0 bridgehead atoms. The fourth-order valence-corrected chi connectivity index (χ4v) is 2.53. The van der Waals surface area contributed by atoms with Gasteiger partial charge < -0.3 is 5.73 Å². The van der Waals surface area contributed by atoms with E-state index in [0.29, 0.717) is 4.90 Å². The predicted molar refractivity (Wildman–Crippen MR) is 64.7 cm³/mol. The number of nitrogens with two attached hydrogens (primary N) is 1. The van der Waals surface area contributed by atoms with Crippen molar-refractivity contribution in [3.8, 4) is 0 Å². The van der Waals surface area contributed by atoms with Gasteiger partial charge in [-0.2, -0.15) is 0 Å². The van der Waals surface area contributed by atoms with Crippen LogP contribution in [0.4, 0.5) is 0 Å². The number of hydrogen-bond donors (Lipinski definition) is 1. The largest absolute Gasteiger partial charge is 0.324 e. The molecule has 1 aromatic carbocycles. The molecule has 1 atom stereocenters. The Kier molecular flexibility index (Phi) is 3.72. The molecular weight excluding hydrogens is 224 g/mol. The summed E-state index contributed by atoms with van der Waals surface area (Å²) in [5.74, 6) is 0. The highest BCUT2D eigenvalue weighted by atomic mass is 32.2. The molecule has 0 saturated carbocycles. The Morgan fingerprint density at radius 1 is 1.31 bits per heavy atom.